The van der Waals surface area contributed by atoms with E-state index < -0.39 is 17.4 Å². The van der Waals surface area contributed by atoms with Gasteiger partial charge in [-0.15, -0.1) is 0 Å². The number of nitrogens with zero attached hydrogens (tertiary/aromatic N) is 1. The Hall–Kier alpha value is -3.00. The van der Waals surface area contributed by atoms with E-state index >= 15 is 0 Å². The number of nitrogens with one attached hydrogen (secondary N) is 2. The molecule has 7 nitrogen and oxygen atoms in total. The van der Waals surface area contributed by atoms with Gasteiger partial charge in [-0.3, -0.25) is 14.5 Å². The molecule has 0 unspecified atom stereocenters. The number of hydrogen-bond acceptors (Lipinski definition) is 5. The summed E-state index contributed by atoms with van der Waals surface area (Å²) in [6.45, 7) is 2.59. The highest BCUT2D eigenvalue weighted by atomic mass is 16.3. The van der Waals surface area contributed by atoms with Crippen molar-refractivity contribution in [2.45, 2.75) is 37.8 Å². The van der Waals surface area contributed by atoms with Gasteiger partial charge in [-0.25, -0.2) is 0 Å². The van der Waals surface area contributed by atoms with Crippen molar-refractivity contribution in [3.05, 3.63) is 66.2 Å². The van der Waals surface area contributed by atoms with Crippen LogP contribution in [-0.2, 0) is 15.2 Å². The van der Waals surface area contributed by atoms with Crippen molar-refractivity contribution in [1.29, 1.82) is 0 Å². The van der Waals surface area contributed by atoms with Crippen molar-refractivity contribution in [3.63, 3.8) is 0 Å². The standard InChI is InChI=1S/C25H29N3O4/c1-17(8-5-6-15-29)25(32)20-16-18(27-23(30)21-11-7-14-26-21)12-13-22(20)28(24(25)31)19-9-3-2-4-10-19/h2-5,8-10,12-13,16-17,21,26,29,32H,6-7,11,14-15H2,1H3,(H,27,30)/b8-5+/t17-,21-,25+/m1/s1. The Balaban J connectivity index is 1.73. The second-order valence-corrected chi connectivity index (χ2v) is 8.34. The third kappa shape index (κ3) is 3.95. The van der Waals surface area contributed by atoms with Crippen LogP contribution in [0.3, 0.4) is 0 Å². The van der Waals surface area contributed by atoms with Crippen molar-refractivity contribution in [2.24, 2.45) is 5.92 Å². The first kappa shape index (κ1) is 22.2. The number of anilines is 3. The molecular formula is C25H29N3O4. The summed E-state index contributed by atoms with van der Waals surface area (Å²) in [6, 6.07) is 14.2. The van der Waals surface area contributed by atoms with Crippen LogP contribution in [-0.4, -0.2) is 41.2 Å². The Bertz CT molecular complexity index is 1020. The molecule has 1 saturated heterocycles. The SMILES string of the molecule is C[C@H](/C=C/CCO)[C@@]1(O)C(=O)N(c2ccccc2)c2ccc(NC(=O)[C@H]3CCCN3)cc21. The van der Waals surface area contributed by atoms with Crippen LogP contribution in [0.2, 0.25) is 0 Å². The summed E-state index contributed by atoms with van der Waals surface area (Å²) in [4.78, 5) is 27.7. The van der Waals surface area contributed by atoms with Gasteiger partial charge in [-0.2, -0.15) is 0 Å². The maximum atomic E-state index is 13.6. The Morgan fingerprint density at radius 1 is 1.31 bits per heavy atom. The van der Waals surface area contributed by atoms with Gasteiger partial charge in [0.25, 0.3) is 5.91 Å². The van der Waals surface area contributed by atoms with Crippen LogP contribution in [0, 0.1) is 5.92 Å². The summed E-state index contributed by atoms with van der Waals surface area (Å²) in [7, 11) is 0. The predicted octanol–water partition coefficient (Wildman–Crippen LogP) is 2.82. The van der Waals surface area contributed by atoms with E-state index in [4.69, 9.17) is 5.11 Å². The zero-order valence-electron chi connectivity index (χ0n) is 18.1. The van der Waals surface area contributed by atoms with Gasteiger partial charge in [0, 0.05) is 29.5 Å². The topological polar surface area (TPSA) is 102 Å². The highest BCUT2D eigenvalue weighted by Gasteiger charge is 2.53. The van der Waals surface area contributed by atoms with Crippen LogP contribution in [0.15, 0.2) is 60.7 Å². The lowest BCUT2D eigenvalue weighted by molar-refractivity contribution is -0.138. The third-order valence-electron chi connectivity index (χ3n) is 6.22. The Morgan fingerprint density at radius 2 is 2.09 bits per heavy atom. The van der Waals surface area contributed by atoms with Crippen molar-refractivity contribution in [1.82, 2.24) is 5.32 Å². The molecule has 0 radical (unpaired) electrons. The molecule has 0 aromatic heterocycles. The van der Waals surface area contributed by atoms with Gasteiger partial charge in [0.15, 0.2) is 5.60 Å². The van der Waals surface area contributed by atoms with E-state index in [2.05, 4.69) is 10.6 Å². The average Bonchev–Trinajstić information content (AvgIpc) is 3.42. The molecule has 0 saturated carbocycles. The zero-order chi connectivity index (χ0) is 22.7. The molecule has 32 heavy (non-hydrogen) atoms. The van der Waals surface area contributed by atoms with Crippen LogP contribution < -0.4 is 15.5 Å². The summed E-state index contributed by atoms with van der Waals surface area (Å²) < 4.78 is 0. The second-order valence-electron chi connectivity index (χ2n) is 8.34. The van der Waals surface area contributed by atoms with Gasteiger partial charge in [0.2, 0.25) is 5.91 Å². The van der Waals surface area contributed by atoms with Gasteiger partial charge >= 0.3 is 0 Å². The fourth-order valence-electron chi connectivity index (χ4n) is 4.43. The molecule has 2 aromatic rings. The largest absolute Gasteiger partial charge is 0.396 e. The Kier molecular flexibility index (Phi) is 6.41. The van der Waals surface area contributed by atoms with Crippen LogP contribution in [0.4, 0.5) is 17.1 Å². The summed E-state index contributed by atoms with van der Waals surface area (Å²) in [5.74, 6) is -1.11. The molecule has 168 valence electrons. The van der Waals surface area contributed by atoms with E-state index in [9.17, 15) is 14.7 Å². The number of fused-ring (bicyclic) bond motifs is 1. The van der Waals surface area contributed by atoms with Gasteiger partial charge in [-0.05, 0) is 56.1 Å². The number of benzene rings is 2. The summed E-state index contributed by atoms with van der Waals surface area (Å²) in [5.41, 5.74) is 0.430. The normalized spacial score (nSPS) is 23.5. The molecule has 4 rings (SSSR count). The van der Waals surface area contributed by atoms with Gasteiger partial charge in [-0.1, -0.05) is 37.3 Å². The van der Waals surface area contributed by atoms with Crippen LogP contribution in [0.5, 0.6) is 0 Å². The fourth-order valence-corrected chi connectivity index (χ4v) is 4.43. The van der Waals surface area contributed by atoms with E-state index in [0.29, 0.717) is 29.0 Å². The molecule has 0 bridgehead atoms. The second kappa shape index (κ2) is 9.24. The Morgan fingerprint density at radius 3 is 2.78 bits per heavy atom. The first-order valence-electron chi connectivity index (χ1n) is 11.0. The smallest absolute Gasteiger partial charge is 0.268 e. The molecule has 4 N–H and O–H groups in total. The number of carbonyl (C=O) groups excluding carboxylic acids is 2. The highest BCUT2D eigenvalue weighted by molar-refractivity contribution is 6.12. The molecule has 7 heteroatoms. The number of para-hydroxylation sites is 1. The molecular weight excluding hydrogens is 406 g/mol. The van der Waals surface area contributed by atoms with E-state index in [1.807, 2.05) is 30.3 Å². The number of aliphatic hydroxyl groups is 2. The molecule has 0 aliphatic carbocycles. The molecule has 2 amide bonds. The quantitative estimate of drug-likeness (QED) is 0.501. The van der Waals surface area contributed by atoms with E-state index in [1.54, 1.807) is 37.3 Å². The first-order chi connectivity index (χ1) is 15.5. The zero-order valence-corrected chi connectivity index (χ0v) is 18.1. The minimum atomic E-state index is -1.80. The summed E-state index contributed by atoms with van der Waals surface area (Å²) in [5, 5.41) is 26.9. The predicted molar refractivity (Wildman–Crippen MR) is 124 cm³/mol. The van der Waals surface area contributed by atoms with E-state index in [-0.39, 0.29) is 18.6 Å². The molecule has 2 aliphatic rings. The van der Waals surface area contributed by atoms with Crippen LogP contribution in [0.1, 0.15) is 31.7 Å². The highest BCUT2D eigenvalue weighted by Crippen LogP contribution is 2.49. The molecule has 1 fully saturated rings. The number of hydrogen-bond donors (Lipinski definition) is 4. The minimum absolute atomic E-state index is 0.00625. The molecule has 2 aromatic carbocycles. The lowest BCUT2D eigenvalue weighted by atomic mass is 9.82. The molecule has 2 aliphatic heterocycles. The molecule has 2 heterocycles. The molecule has 0 spiro atoms. The maximum absolute atomic E-state index is 13.6. The summed E-state index contributed by atoms with van der Waals surface area (Å²) in [6.07, 6.45) is 5.69. The van der Waals surface area contributed by atoms with Crippen molar-refractivity contribution < 1.29 is 19.8 Å². The van der Waals surface area contributed by atoms with Crippen molar-refractivity contribution in [2.75, 3.05) is 23.4 Å². The minimum Gasteiger partial charge on any atom is -0.396 e. The van der Waals surface area contributed by atoms with Gasteiger partial charge in [0.05, 0.1) is 11.7 Å². The number of rotatable bonds is 7. The monoisotopic (exact) mass is 435 g/mol. The van der Waals surface area contributed by atoms with E-state index in [1.165, 1.54) is 4.90 Å². The van der Waals surface area contributed by atoms with Crippen molar-refractivity contribution >= 4 is 28.9 Å². The number of carbonyl (C=O) groups is 2. The first-order valence-corrected chi connectivity index (χ1v) is 11.0. The lowest BCUT2D eigenvalue weighted by Crippen LogP contribution is -2.42. The lowest BCUT2D eigenvalue weighted by Gasteiger charge is -2.28. The Labute approximate surface area is 187 Å². The molecule has 3 atom stereocenters. The number of amides is 2. The fraction of sp³-hybridized carbons (Fsp3) is 0.360. The summed E-state index contributed by atoms with van der Waals surface area (Å²) >= 11 is 0. The van der Waals surface area contributed by atoms with Gasteiger partial charge in [0.1, 0.15) is 0 Å². The van der Waals surface area contributed by atoms with E-state index in [0.717, 1.165) is 19.4 Å². The van der Waals surface area contributed by atoms with Crippen molar-refractivity contribution in [3.8, 4) is 0 Å². The maximum Gasteiger partial charge on any atom is 0.268 e. The van der Waals surface area contributed by atoms with Crippen LogP contribution in [0.25, 0.3) is 0 Å². The van der Waals surface area contributed by atoms with Gasteiger partial charge < -0.3 is 20.8 Å². The number of aliphatic hydroxyl groups excluding tert-OH is 1. The van der Waals surface area contributed by atoms with Crippen LogP contribution >= 0.6 is 0 Å². The third-order valence-corrected chi connectivity index (χ3v) is 6.22. The average molecular weight is 436 g/mol.